The number of halogens is 3. The van der Waals surface area contributed by atoms with E-state index in [-0.39, 0.29) is 22.9 Å². The molecule has 1 heterocycles. The first-order chi connectivity index (χ1) is 10.2. The van der Waals surface area contributed by atoms with E-state index < -0.39 is 17.5 Å². The number of nitriles is 1. The Labute approximate surface area is 124 Å². The highest BCUT2D eigenvalue weighted by Crippen LogP contribution is 2.36. The van der Waals surface area contributed by atoms with Gasteiger partial charge in [0.2, 0.25) is 5.95 Å². The Hall–Kier alpha value is -2.82. The summed E-state index contributed by atoms with van der Waals surface area (Å²) in [7, 11) is 3.32. The van der Waals surface area contributed by atoms with E-state index in [1.165, 1.54) is 6.07 Å². The van der Waals surface area contributed by atoms with Crippen molar-refractivity contribution >= 4 is 5.95 Å². The first-order valence-electron chi connectivity index (χ1n) is 6.09. The Morgan fingerprint density at radius 1 is 1.18 bits per heavy atom. The van der Waals surface area contributed by atoms with Crippen molar-refractivity contribution in [2.75, 3.05) is 19.0 Å². The van der Waals surface area contributed by atoms with Gasteiger partial charge in [-0.25, -0.2) is 9.97 Å². The average Bonchev–Trinajstić information content (AvgIpc) is 2.45. The zero-order valence-electron chi connectivity index (χ0n) is 11.7. The van der Waals surface area contributed by atoms with Crippen molar-refractivity contribution in [1.82, 2.24) is 9.97 Å². The molecule has 5 nitrogen and oxygen atoms in total. The molecule has 0 atom stereocenters. The second-order valence-corrected chi connectivity index (χ2v) is 4.67. The highest BCUT2D eigenvalue weighted by molar-refractivity contribution is 5.69. The number of hydrogen-bond donors (Lipinski definition) is 1. The summed E-state index contributed by atoms with van der Waals surface area (Å²) in [6, 6.07) is 5.73. The monoisotopic (exact) mass is 308 g/mol. The van der Waals surface area contributed by atoms with E-state index in [1.807, 2.05) is 6.07 Å². The number of aromatic hydroxyl groups is 1. The molecular formula is C14H11F3N4O. The lowest BCUT2D eigenvalue weighted by Crippen LogP contribution is -2.13. The lowest BCUT2D eigenvalue weighted by atomic mass is 10.1. The van der Waals surface area contributed by atoms with Gasteiger partial charge in [0.15, 0.2) is 0 Å². The Kier molecular flexibility index (Phi) is 3.91. The van der Waals surface area contributed by atoms with Crippen molar-refractivity contribution in [3.05, 3.63) is 35.5 Å². The van der Waals surface area contributed by atoms with Crippen molar-refractivity contribution in [2.45, 2.75) is 6.18 Å². The van der Waals surface area contributed by atoms with Crippen LogP contribution >= 0.6 is 0 Å². The molecule has 0 unspecified atom stereocenters. The van der Waals surface area contributed by atoms with Crippen LogP contribution < -0.4 is 4.90 Å². The molecule has 0 bridgehead atoms. The Balaban J connectivity index is 2.57. The fourth-order valence-corrected chi connectivity index (χ4v) is 1.75. The zero-order chi connectivity index (χ0) is 16.5. The van der Waals surface area contributed by atoms with Gasteiger partial charge in [-0.15, -0.1) is 0 Å². The number of nitrogens with zero attached hydrogens (tertiary/aromatic N) is 4. The van der Waals surface area contributed by atoms with Crippen LogP contribution in [0, 0.1) is 11.3 Å². The van der Waals surface area contributed by atoms with Crippen molar-refractivity contribution in [3.8, 4) is 23.1 Å². The maximum Gasteiger partial charge on any atom is 0.416 e. The molecule has 2 aromatic rings. The van der Waals surface area contributed by atoms with E-state index >= 15 is 0 Å². The van der Waals surface area contributed by atoms with Crippen LogP contribution in [0.3, 0.4) is 0 Å². The number of phenolic OH excluding ortho intramolecular Hbond substituents is 1. The molecule has 0 aliphatic carbocycles. The number of alkyl halides is 3. The van der Waals surface area contributed by atoms with Crippen LogP contribution in [-0.4, -0.2) is 29.2 Å². The van der Waals surface area contributed by atoms with Crippen LogP contribution in [0.25, 0.3) is 11.3 Å². The summed E-state index contributed by atoms with van der Waals surface area (Å²) in [6.45, 7) is 0. The van der Waals surface area contributed by atoms with Crippen LogP contribution in [0.15, 0.2) is 24.3 Å². The normalized spacial score (nSPS) is 11.1. The summed E-state index contributed by atoms with van der Waals surface area (Å²) in [6.07, 6.45) is -4.55. The maximum atomic E-state index is 12.6. The van der Waals surface area contributed by atoms with E-state index in [2.05, 4.69) is 9.97 Å². The first-order valence-corrected chi connectivity index (χ1v) is 6.09. The van der Waals surface area contributed by atoms with Crippen molar-refractivity contribution in [2.24, 2.45) is 0 Å². The summed E-state index contributed by atoms with van der Waals surface area (Å²) in [4.78, 5) is 9.63. The molecular weight excluding hydrogens is 297 g/mol. The number of hydrogen-bond acceptors (Lipinski definition) is 5. The number of aromatic nitrogens is 2. The standard InChI is InChI=1S/C14H11F3N4O/c1-21(2)13-19-9(7-18)6-11(20-13)10-4-3-8(5-12(10)22)14(15,16)17/h3-6,22H,1-2H3. The number of phenols is 1. The average molecular weight is 308 g/mol. The summed E-state index contributed by atoms with van der Waals surface area (Å²) in [5, 5.41) is 18.8. The summed E-state index contributed by atoms with van der Waals surface area (Å²) in [5.41, 5.74) is -0.652. The van der Waals surface area contributed by atoms with E-state index in [0.717, 1.165) is 12.1 Å². The third kappa shape index (κ3) is 3.09. The number of rotatable bonds is 2. The second kappa shape index (κ2) is 5.52. The largest absolute Gasteiger partial charge is 0.507 e. The van der Waals surface area contributed by atoms with Gasteiger partial charge < -0.3 is 10.0 Å². The maximum absolute atomic E-state index is 12.6. The van der Waals surface area contributed by atoms with E-state index in [4.69, 9.17) is 5.26 Å². The fraction of sp³-hybridized carbons (Fsp3) is 0.214. The molecule has 1 aromatic carbocycles. The molecule has 0 aliphatic heterocycles. The molecule has 0 radical (unpaired) electrons. The third-order valence-electron chi connectivity index (χ3n) is 2.83. The van der Waals surface area contributed by atoms with E-state index in [9.17, 15) is 18.3 Å². The summed E-state index contributed by atoms with van der Waals surface area (Å²) >= 11 is 0. The number of benzene rings is 1. The summed E-state index contributed by atoms with van der Waals surface area (Å²) in [5.74, 6) is -0.351. The predicted octanol–water partition coefficient (Wildman–Crippen LogP) is 2.81. The van der Waals surface area contributed by atoms with Crippen LogP contribution in [0.4, 0.5) is 19.1 Å². The molecule has 1 aromatic heterocycles. The summed E-state index contributed by atoms with van der Waals surface area (Å²) < 4.78 is 37.8. The molecule has 1 N–H and O–H groups in total. The molecule has 0 amide bonds. The van der Waals surface area contributed by atoms with Crippen LogP contribution in [-0.2, 0) is 6.18 Å². The van der Waals surface area contributed by atoms with Gasteiger partial charge in [-0.3, -0.25) is 0 Å². The topological polar surface area (TPSA) is 73.0 Å². The first kappa shape index (κ1) is 15.6. The molecule has 0 spiro atoms. The molecule has 2 rings (SSSR count). The predicted molar refractivity (Wildman–Crippen MR) is 73.2 cm³/mol. The SMILES string of the molecule is CN(C)c1nc(C#N)cc(-c2ccc(C(F)(F)F)cc2O)n1. The Bertz CT molecular complexity index is 751. The van der Waals surface area contributed by atoms with Crippen LogP contribution in [0.1, 0.15) is 11.3 Å². The van der Waals surface area contributed by atoms with Gasteiger partial charge in [-0.2, -0.15) is 18.4 Å². The van der Waals surface area contributed by atoms with Gasteiger partial charge in [0, 0.05) is 25.7 Å². The molecule has 0 saturated heterocycles. The molecule has 22 heavy (non-hydrogen) atoms. The Morgan fingerprint density at radius 2 is 1.86 bits per heavy atom. The number of anilines is 1. The third-order valence-corrected chi connectivity index (χ3v) is 2.83. The fourth-order valence-electron chi connectivity index (χ4n) is 1.75. The molecule has 114 valence electrons. The van der Waals surface area contributed by atoms with E-state index in [0.29, 0.717) is 6.07 Å². The lowest BCUT2D eigenvalue weighted by Gasteiger charge is -2.13. The second-order valence-electron chi connectivity index (χ2n) is 4.67. The Morgan fingerprint density at radius 3 is 2.36 bits per heavy atom. The van der Waals surface area contributed by atoms with E-state index in [1.54, 1.807) is 19.0 Å². The van der Waals surface area contributed by atoms with Crippen molar-refractivity contribution in [3.63, 3.8) is 0 Å². The van der Waals surface area contributed by atoms with Crippen molar-refractivity contribution < 1.29 is 18.3 Å². The highest BCUT2D eigenvalue weighted by atomic mass is 19.4. The molecule has 0 saturated carbocycles. The van der Waals surface area contributed by atoms with Gasteiger partial charge in [-0.1, -0.05) is 0 Å². The smallest absolute Gasteiger partial charge is 0.416 e. The minimum Gasteiger partial charge on any atom is -0.507 e. The molecule has 0 fully saturated rings. The van der Waals surface area contributed by atoms with Crippen LogP contribution in [0.2, 0.25) is 0 Å². The quantitative estimate of drug-likeness (QED) is 0.923. The molecule has 0 aliphatic rings. The van der Waals surface area contributed by atoms with Crippen molar-refractivity contribution in [1.29, 1.82) is 5.26 Å². The van der Waals surface area contributed by atoms with Gasteiger partial charge in [0.1, 0.15) is 17.5 Å². The molecule has 8 heteroatoms. The van der Waals surface area contributed by atoms with Gasteiger partial charge >= 0.3 is 6.18 Å². The van der Waals surface area contributed by atoms with Crippen LogP contribution in [0.5, 0.6) is 5.75 Å². The van der Waals surface area contributed by atoms with Gasteiger partial charge in [0.25, 0.3) is 0 Å². The lowest BCUT2D eigenvalue weighted by molar-refractivity contribution is -0.137. The highest BCUT2D eigenvalue weighted by Gasteiger charge is 2.31. The van der Waals surface area contributed by atoms with Gasteiger partial charge in [-0.05, 0) is 18.2 Å². The zero-order valence-corrected chi connectivity index (χ0v) is 11.7. The minimum absolute atomic E-state index is 0.0491. The van der Waals surface area contributed by atoms with Gasteiger partial charge in [0.05, 0.1) is 11.3 Å². The minimum atomic E-state index is -4.55.